The molecule has 1 N–H and O–H groups in total. The Morgan fingerprint density at radius 1 is 1.31 bits per heavy atom. The van der Waals surface area contributed by atoms with Gasteiger partial charge in [0.1, 0.15) is 11.9 Å². The average Bonchev–Trinajstić information content (AvgIpc) is 2.89. The van der Waals surface area contributed by atoms with Crippen molar-refractivity contribution in [1.29, 1.82) is 0 Å². The molecule has 2 heterocycles. The number of piperidine rings is 1. The van der Waals surface area contributed by atoms with Gasteiger partial charge in [-0.15, -0.1) is 0 Å². The topological polar surface area (TPSA) is 62.7 Å². The standard InChI is InChI=1S/C28H27Cl2FN2O3/c1-36-20-8-10-26-22(16-20)21(11-13-32-26)25(31)9-7-18-12-15-33(17-23(18)28(34)35)14-3-5-19-4-2-6-24(29)27(19)30/h2,4,6,8,10-11,13,16,18,23,25H,7,9,12,14-15,17H2,1H3,(H,34,35)/t18-,23+,25+/m1/s1. The van der Waals surface area contributed by atoms with E-state index in [1.165, 1.54) is 0 Å². The van der Waals surface area contributed by atoms with E-state index in [-0.39, 0.29) is 12.3 Å². The van der Waals surface area contributed by atoms with Crippen molar-refractivity contribution in [1.82, 2.24) is 9.88 Å². The quantitative estimate of drug-likeness (QED) is 0.358. The largest absolute Gasteiger partial charge is 0.497 e. The van der Waals surface area contributed by atoms with Gasteiger partial charge >= 0.3 is 5.97 Å². The van der Waals surface area contributed by atoms with Crippen molar-refractivity contribution in [3.8, 4) is 17.6 Å². The second-order valence-corrected chi connectivity index (χ2v) is 9.75. The SMILES string of the molecule is COc1ccc2nccc([C@@H](F)CC[C@@H]3CCN(CC#Cc4cccc(Cl)c4Cl)C[C@@H]3C(=O)O)c2c1. The Kier molecular flexibility index (Phi) is 8.68. The van der Waals surface area contributed by atoms with Crippen LogP contribution in [0.15, 0.2) is 48.7 Å². The summed E-state index contributed by atoms with van der Waals surface area (Å²) in [6.45, 7) is 1.51. The van der Waals surface area contributed by atoms with Gasteiger partial charge in [-0.1, -0.05) is 41.1 Å². The lowest BCUT2D eigenvalue weighted by Gasteiger charge is -2.35. The highest BCUT2D eigenvalue weighted by molar-refractivity contribution is 6.42. The molecule has 36 heavy (non-hydrogen) atoms. The van der Waals surface area contributed by atoms with Gasteiger partial charge in [-0.25, -0.2) is 4.39 Å². The van der Waals surface area contributed by atoms with E-state index >= 15 is 4.39 Å². The van der Waals surface area contributed by atoms with Crippen LogP contribution in [0.3, 0.4) is 0 Å². The van der Waals surface area contributed by atoms with Crippen LogP contribution in [0.5, 0.6) is 5.75 Å². The smallest absolute Gasteiger partial charge is 0.308 e. The van der Waals surface area contributed by atoms with Crippen LogP contribution < -0.4 is 4.74 Å². The Hall–Kier alpha value is -2.85. The third kappa shape index (κ3) is 6.10. The molecule has 1 aliphatic heterocycles. The van der Waals surface area contributed by atoms with E-state index < -0.39 is 18.1 Å². The molecule has 0 bridgehead atoms. The number of aliphatic carboxylic acids is 1. The number of carboxylic acids is 1. The number of benzene rings is 2. The molecule has 0 spiro atoms. The maximum Gasteiger partial charge on any atom is 0.308 e. The second-order valence-electron chi connectivity index (χ2n) is 8.96. The molecule has 8 heteroatoms. The van der Waals surface area contributed by atoms with Crippen LogP contribution >= 0.6 is 23.2 Å². The molecule has 0 radical (unpaired) electrons. The number of nitrogens with zero attached hydrogens (tertiary/aromatic N) is 2. The van der Waals surface area contributed by atoms with Crippen LogP contribution in [0.25, 0.3) is 10.9 Å². The average molecular weight is 529 g/mol. The number of likely N-dealkylation sites (tertiary alicyclic amines) is 1. The van der Waals surface area contributed by atoms with Gasteiger partial charge in [0.05, 0.1) is 35.1 Å². The molecule has 0 unspecified atom stereocenters. The van der Waals surface area contributed by atoms with Crippen LogP contribution in [0.1, 0.15) is 36.6 Å². The molecule has 4 rings (SSSR count). The zero-order valence-electron chi connectivity index (χ0n) is 19.9. The summed E-state index contributed by atoms with van der Waals surface area (Å²) in [7, 11) is 1.57. The van der Waals surface area contributed by atoms with Crippen LogP contribution in [-0.4, -0.2) is 47.7 Å². The first-order valence-electron chi connectivity index (χ1n) is 11.8. The zero-order chi connectivity index (χ0) is 25.7. The third-order valence-corrected chi connectivity index (χ3v) is 7.56. The van der Waals surface area contributed by atoms with Crippen molar-refractivity contribution in [3.05, 3.63) is 69.8 Å². The summed E-state index contributed by atoms with van der Waals surface area (Å²) in [5.41, 5.74) is 1.90. The molecule has 0 amide bonds. The van der Waals surface area contributed by atoms with Gasteiger partial charge in [0.25, 0.3) is 0 Å². The van der Waals surface area contributed by atoms with Gasteiger partial charge in [0.2, 0.25) is 0 Å². The number of alkyl halides is 1. The number of pyridine rings is 1. The minimum Gasteiger partial charge on any atom is -0.497 e. The van der Waals surface area contributed by atoms with Gasteiger partial charge < -0.3 is 9.84 Å². The maximum absolute atomic E-state index is 15.4. The predicted molar refractivity (Wildman–Crippen MR) is 140 cm³/mol. The molecule has 1 saturated heterocycles. The highest BCUT2D eigenvalue weighted by Crippen LogP contribution is 2.35. The molecule has 3 aromatic rings. The lowest BCUT2D eigenvalue weighted by molar-refractivity contribution is -0.146. The Morgan fingerprint density at radius 2 is 2.14 bits per heavy atom. The fourth-order valence-corrected chi connectivity index (χ4v) is 5.09. The van der Waals surface area contributed by atoms with E-state index in [0.717, 1.165) is 0 Å². The summed E-state index contributed by atoms with van der Waals surface area (Å²) in [4.78, 5) is 18.4. The molecular weight excluding hydrogens is 502 g/mol. The minimum atomic E-state index is -1.22. The van der Waals surface area contributed by atoms with Crippen LogP contribution in [0.2, 0.25) is 10.0 Å². The van der Waals surface area contributed by atoms with Crippen molar-refractivity contribution < 1.29 is 19.0 Å². The molecule has 1 aromatic heterocycles. The Balaban J connectivity index is 1.38. The van der Waals surface area contributed by atoms with E-state index in [2.05, 4.69) is 16.8 Å². The Labute approximate surface area is 220 Å². The van der Waals surface area contributed by atoms with E-state index in [1.54, 1.807) is 49.7 Å². The first-order chi connectivity index (χ1) is 17.4. The van der Waals surface area contributed by atoms with Gasteiger partial charge in [0, 0.05) is 23.7 Å². The van der Waals surface area contributed by atoms with Crippen molar-refractivity contribution >= 4 is 40.1 Å². The first-order valence-corrected chi connectivity index (χ1v) is 12.6. The third-order valence-electron chi connectivity index (χ3n) is 6.75. The highest BCUT2D eigenvalue weighted by Gasteiger charge is 2.34. The number of ether oxygens (including phenoxy) is 1. The molecule has 1 aliphatic rings. The van der Waals surface area contributed by atoms with Gasteiger partial charge in [-0.3, -0.25) is 14.7 Å². The number of hydrogen-bond donors (Lipinski definition) is 1. The second kappa shape index (κ2) is 11.9. The minimum absolute atomic E-state index is 0.102. The number of carbonyl (C=O) groups is 1. The summed E-state index contributed by atoms with van der Waals surface area (Å²) in [5, 5.41) is 11.4. The lowest BCUT2D eigenvalue weighted by Crippen LogP contribution is -2.44. The van der Waals surface area contributed by atoms with E-state index in [9.17, 15) is 9.90 Å². The Bertz CT molecular complexity index is 1310. The van der Waals surface area contributed by atoms with Crippen LogP contribution in [0, 0.1) is 23.7 Å². The number of fused-ring (bicyclic) bond motifs is 1. The molecule has 0 aliphatic carbocycles. The molecular formula is C28H27Cl2FN2O3. The number of halogens is 3. The van der Waals surface area contributed by atoms with Crippen molar-refractivity contribution in [2.24, 2.45) is 11.8 Å². The molecule has 2 aromatic carbocycles. The van der Waals surface area contributed by atoms with Crippen LogP contribution in [0.4, 0.5) is 4.39 Å². The number of methoxy groups -OCH3 is 1. The van der Waals surface area contributed by atoms with Gasteiger partial charge in [0.15, 0.2) is 0 Å². The van der Waals surface area contributed by atoms with Crippen molar-refractivity contribution in [2.75, 3.05) is 26.7 Å². The molecule has 1 fully saturated rings. The molecule has 0 saturated carbocycles. The van der Waals surface area contributed by atoms with Crippen molar-refractivity contribution in [3.63, 3.8) is 0 Å². The molecule has 5 nitrogen and oxygen atoms in total. The normalized spacial score (nSPS) is 18.9. The van der Waals surface area contributed by atoms with Gasteiger partial charge in [-0.2, -0.15) is 0 Å². The number of rotatable bonds is 7. The predicted octanol–water partition coefficient (Wildman–Crippen LogP) is 6.42. The molecule has 3 atom stereocenters. The maximum atomic E-state index is 15.4. The van der Waals surface area contributed by atoms with Crippen molar-refractivity contribution in [2.45, 2.75) is 25.4 Å². The summed E-state index contributed by atoms with van der Waals surface area (Å²) in [6.07, 6.45) is 1.80. The van der Waals surface area contributed by atoms with E-state index in [0.29, 0.717) is 70.3 Å². The highest BCUT2D eigenvalue weighted by atomic mass is 35.5. The van der Waals surface area contributed by atoms with Crippen LogP contribution in [-0.2, 0) is 4.79 Å². The lowest BCUT2D eigenvalue weighted by atomic mass is 9.81. The summed E-state index contributed by atoms with van der Waals surface area (Å²) in [6, 6.07) is 12.4. The fourth-order valence-electron chi connectivity index (χ4n) is 4.75. The number of carboxylic acid groups (broad SMARTS) is 1. The Morgan fingerprint density at radius 3 is 2.92 bits per heavy atom. The van der Waals surface area contributed by atoms with E-state index in [1.807, 2.05) is 11.0 Å². The first kappa shape index (κ1) is 26.2. The zero-order valence-corrected chi connectivity index (χ0v) is 21.4. The monoisotopic (exact) mass is 528 g/mol. The molecule has 188 valence electrons. The van der Waals surface area contributed by atoms with E-state index in [4.69, 9.17) is 27.9 Å². The summed E-state index contributed by atoms with van der Waals surface area (Å²) in [5.74, 6) is 5.20. The van der Waals surface area contributed by atoms with Gasteiger partial charge in [-0.05, 0) is 73.7 Å². The number of hydrogen-bond acceptors (Lipinski definition) is 4. The summed E-state index contributed by atoms with van der Waals surface area (Å²) >= 11 is 12.2. The fraction of sp³-hybridized carbons (Fsp3) is 0.357. The number of aromatic nitrogens is 1. The summed E-state index contributed by atoms with van der Waals surface area (Å²) < 4.78 is 20.7.